The van der Waals surface area contributed by atoms with Gasteiger partial charge in [-0.05, 0) is 18.4 Å². The quantitative estimate of drug-likeness (QED) is 0.756. The zero-order valence-corrected chi connectivity index (χ0v) is 10.1. The summed E-state index contributed by atoms with van der Waals surface area (Å²) in [4.78, 5) is 13.5. The molecule has 0 aromatic heterocycles. The molecule has 2 atom stereocenters. The van der Waals surface area contributed by atoms with Crippen molar-refractivity contribution in [3.63, 3.8) is 0 Å². The Labute approximate surface area is 106 Å². The van der Waals surface area contributed by atoms with Crippen molar-refractivity contribution >= 4 is 5.91 Å². The van der Waals surface area contributed by atoms with Crippen LogP contribution >= 0.6 is 0 Å². The van der Waals surface area contributed by atoms with Crippen LogP contribution in [0.2, 0.25) is 0 Å². The van der Waals surface area contributed by atoms with Crippen molar-refractivity contribution in [1.29, 1.82) is 5.26 Å². The fraction of sp³-hybridized carbons (Fsp3) is 0.429. The third-order valence-corrected chi connectivity index (χ3v) is 4.12. The highest BCUT2D eigenvalue weighted by Crippen LogP contribution is 2.43. The van der Waals surface area contributed by atoms with Gasteiger partial charge in [0.25, 0.3) is 0 Å². The molecule has 2 unspecified atom stereocenters. The molecule has 1 aromatic carbocycles. The minimum Gasteiger partial charge on any atom is -0.309 e. The van der Waals surface area contributed by atoms with Gasteiger partial charge in [-0.15, -0.1) is 0 Å². The van der Waals surface area contributed by atoms with Gasteiger partial charge in [-0.3, -0.25) is 4.79 Å². The van der Waals surface area contributed by atoms with Crippen LogP contribution in [0, 0.1) is 16.9 Å². The van der Waals surface area contributed by atoms with E-state index in [1.54, 1.807) is 0 Å². The van der Waals surface area contributed by atoms with E-state index in [2.05, 4.69) is 17.4 Å². The summed E-state index contributed by atoms with van der Waals surface area (Å²) in [5.74, 6) is -0.00377. The first-order valence-electron chi connectivity index (χ1n) is 6.25. The smallest absolute Gasteiger partial charge is 0.243 e. The summed E-state index contributed by atoms with van der Waals surface area (Å²) in [5.41, 5.74) is 0.869. The van der Waals surface area contributed by atoms with Crippen molar-refractivity contribution in [2.45, 2.75) is 18.9 Å². The zero-order valence-electron chi connectivity index (χ0n) is 10.1. The Hall–Kier alpha value is -1.86. The van der Waals surface area contributed by atoms with Crippen LogP contribution in [-0.4, -0.2) is 23.9 Å². The Morgan fingerprint density at radius 3 is 2.83 bits per heavy atom. The second kappa shape index (κ2) is 4.11. The summed E-state index contributed by atoms with van der Waals surface area (Å²) < 4.78 is 0. The normalized spacial score (nSPS) is 30.9. The molecule has 92 valence electrons. The van der Waals surface area contributed by atoms with E-state index >= 15 is 0 Å². The van der Waals surface area contributed by atoms with E-state index in [1.165, 1.54) is 10.5 Å². The third kappa shape index (κ3) is 1.59. The number of nitriles is 1. The first-order chi connectivity index (χ1) is 8.75. The Bertz CT molecular complexity index is 508. The lowest BCUT2D eigenvalue weighted by atomic mass is 9.83. The molecule has 2 aliphatic rings. The molecule has 0 aliphatic carbocycles. The minimum absolute atomic E-state index is 0.00377. The Morgan fingerprint density at radius 2 is 2.17 bits per heavy atom. The fourth-order valence-electron chi connectivity index (χ4n) is 3.04. The highest BCUT2D eigenvalue weighted by atomic mass is 16.2. The maximum absolute atomic E-state index is 12.2. The molecule has 0 radical (unpaired) electrons. The molecule has 4 nitrogen and oxygen atoms in total. The van der Waals surface area contributed by atoms with E-state index in [0.717, 1.165) is 12.8 Å². The summed E-state index contributed by atoms with van der Waals surface area (Å²) >= 11 is 0. The zero-order chi connectivity index (χ0) is 12.6. The molecular formula is C14H15N3O. The highest BCUT2D eigenvalue weighted by molar-refractivity contribution is 5.86. The predicted molar refractivity (Wildman–Crippen MR) is 66.2 cm³/mol. The fourth-order valence-corrected chi connectivity index (χ4v) is 3.04. The number of nitrogens with one attached hydrogen (secondary N) is 1. The monoisotopic (exact) mass is 241 g/mol. The molecule has 3 rings (SSSR count). The van der Waals surface area contributed by atoms with Gasteiger partial charge in [-0.2, -0.15) is 5.26 Å². The number of hydrogen-bond donors (Lipinski definition) is 1. The topological polar surface area (TPSA) is 56.1 Å². The molecule has 2 aliphatic heterocycles. The first kappa shape index (κ1) is 11.2. The van der Waals surface area contributed by atoms with Crippen molar-refractivity contribution in [3.05, 3.63) is 35.9 Å². The van der Waals surface area contributed by atoms with Crippen LogP contribution < -0.4 is 5.32 Å². The van der Waals surface area contributed by atoms with Gasteiger partial charge in [0.05, 0.1) is 5.41 Å². The lowest BCUT2D eigenvalue weighted by Crippen LogP contribution is -2.33. The number of amides is 1. The molecule has 0 bridgehead atoms. The van der Waals surface area contributed by atoms with Gasteiger partial charge in [0.15, 0.2) is 6.19 Å². The van der Waals surface area contributed by atoms with Crippen LogP contribution in [0.1, 0.15) is 24.4 Å². The van der Waals surface area contributed by atoms with Crippen LogP contribution in [0.25, 0.3) is 0 Å². The van der Waals surface area contributed by atoms with Gasteiger partial charge in [0.2, 0.25) is 5.91 Å². The number of rotatable bonds is 1. The van der Waals surface area contributed by atoms with Crippen LogP contribution in [0.15, 0.2) is 30.3 Å². The minimum atomic E-state index is -0.351. The SMILES string of the molecule is N#CN1CCC2(CNC(c3ccccc3)C2)C1=O. The van der Waals surface area contributed by atoms with E-state index in [1.807, 2.05) is 24.4 Å². The van der Waals surface area contributed by atoms with E-state index in [-0.39, 0.29) is 17.4 Å². The molecule has 1 N–H and O–H groups in total. The van der Waals surface area contributed by atoms with Gasteiger partial charge in [0, 0.05) is 19.1 Å². The average molecular weight is 241 g/mol. The van der Waals surface area contributed by atoms with Gasteiger partial charge >= 0.3 is 0 Å². The van der Waals surface area contributed by atoms with E-state index < -0.39 is 0 Å². The molecule has 0 saturated carbocycles. The number of benzene rings is 1. The second-order valence-corrected chi connectivity index (χ2v) is 5.14. The third-order valence-electron chi connectivity index (χ3n) is 4.12. The molecule has 1 spiro atoms. The van der Waals surface area contributed by atoms with Crippen LogP contribution in [0.5, 0.6) is 0 Å². The summed E-state index contributed by atoms with van der Waals surface area (Å²) in [5, 5.41) is 12.3. The summed E-state index contributed by atoms with van der Waals surface area (Å²) in [6, 6.07) is 10.4. The molecule has 1 aromatic rings. The Kier molecular flexibility index (Phi) is 2.57. The summed E-state index contributed by atoms with van der Waals surface area (Å²) in [6.45, 7) is 1.25. The highest BCUT2D eigenvalue weighted by Gasteiger charge is 2.51. The molecule has 2 heterocycles. The second-order valence-electron chi connectivity index (χ2n) is 5.14. The molecule has 2 fully saturated rings. The number of carbonyl (C=O) groups excluding carboxylic acids is 1. The van der Waals surface area contributed by atoms with E-state index in [4.69, 9.17) is 5.26 Å². The molecular weight excluding hydrogens is 226 g/mol. The van der Waals surface area contributed by atoms with Gasteiger partial charge in [-0.1, -0.05) is 30.3 Å². The molecule has 4 heteroatoms. The lowest BCUT2D eigenvalue weighted by Gasteiger charge is -2.19. The standard InChI is InChI=1S/C14H15N3O/c15-10-17-7-6-14(13(17)18)8-12(16-9-14)11-4-2-1-3-5-11/h1-5,12,16H,6-9H2. The summed E-state index contributed by atoms with van der Waals surface area (Å²) in [6.07, 6.45) is 3.56. The van der Waals surface area contributed by atoms with Gasteiger partial charge in [-0.25, -0.2) is 4.90 Å². The van der Waals surface area contributed by atoms with E-state index in [9.17, 15) is 4.79 Å². The maximum Gasteiger partial charge on any atom is 0.243 e. The van der Waals surface area contributed by atoms with Crippen molar-refractivity contribution in [2.24, 2.45) is 5.41 Å². The Morgan fingerprint density at radius 1 is 1.39 bits per heavy atom. The number of hydrogen-bond acceptors (Lipinski definition) is 3. The van der Waals surface area contributed by atoms with Gasteiger partial charge < -0.3 is 5.32 Å². The number of nitrogens with zero attached hydrogens (tertiary/aromatic N) is 2. The molecule has 2 saturated heterocycles. The molecule has 1 amide bonds. The number of likely N-dealkylation sites (tertiary alicyclic amines) is 1. The Balaban J connectivity index is 1.80. The largest absolute Gasteiger partial charge is 0.309 e. The average Bonchev–Trinajstić information content (AvgIpc) is 2.98. The summed E-state index contributed by atoms with van der Waals surface area (Å²) in [7, 11) is 0. The lowest BCUT2D eigenvalue weighted by molar-refractivity contribution is -0.132. The molecule has 18 heavy (non-hydrogen) atoms. The van der Waals surface area contributed by atoms with E-state index in [0.29, 0.717) is 13.1 Å². The number of carbonyl (C=O) groups is 1. The van der Waals surface area contributed by atoms with Gasteiger partial charge in [0.1, 0.15) is 0 Å². The van der Waals surface area contributed by atoms with Crippen molar-refractivity contribution < 1.29 is 4.79 Å². The van der Waals surface area contributed by atoms with Crippen molar-refractivity contribution in [1.82, 2.24) is 10.2 Å². The predicted octanol–water partition coefficient (Wildman–Crippen LogP) is 1.42. The first-order valence-corrected chi connectivity index (χ1v) is 6.25. The van der Waals surface area contributed by atoms with Crippen LogP contribution in [-0.2, 0) is 4.79 Å². The van der Waals surface area contributed by atoms with Crippen LogP contribution in [0.4, 0.5) is 0 Å². The van der Waals surface area contributed by atoms with Crippen molar-refractivity contribution in [2.75, 3.05) is 13.1 Å². The maximum atomic E-state index is 12.2. The van der Waals surface area contributed by atoms with Crippen molar-refractivity contribution in [3.8, 4) is 6.19 Å². The van der Waals surface area contributed by atoms with Crippen LogP contribution in [0.3, 0.4) is 0 Å².